The van der Waals surface area contributed by atoms with Gasteiger partial charge in [-0.2, -0.15) is 0 Å². The number of hydrogen-bond donors (Lipinski definition) is 2. The van der Waals surface area contributed by atoms with Crippen LogP contribution in [0.1, 0.15) is 20.7 Å². The highest BCUT2D eigenvalue weighted by molar-refractivity contribution is 6.04. The molecule has 0 aliphatic rings. The lowest BCUT2D eigenvalue weighted by atomic mass is 10.1. The van der Waals surface area contributed by atoms with Crippen LogP contribution in [0.15, 0.2) is 78.9 Å². The van der Waals surface area contributed by atoms with Gasteiger partial charge < -0.3 is 15.4 Å². The Labute approximate surface area is 151 Å². The molecule has 0 aromatic heterocycles. The molecule has 0 aliphatic carbocycles. The summed E-state index contributed by atoms with van der Waals surface area (Å²) in [4.78, 5) is 24.0. The van der Waals surface area contributed by atoms with Crippen molar-refractivity contribution in [1.82, 2.24) is 0 Å². The molecule has 0 spiro atoms. The number of carbonyl (C=O) groups excluding carboxylic acids is 2. The van der Waals surface area contributed by atoms with Crippen LogP contribution >= 0.6 is 0 Å². The molecule has 0 saturated carbocycles. The number of carbonyl (C=O) groups is 2. The molecule has 26 heavy (non-hydrogen) atoms. The quantitative estimate of drug-likeness (QED) is 0.669. The minimum Gasteiger partial charge on any atom is -0.465 e. The van der Waals surface area contributed by atoms with E-state index in [2.05, 4.69) is 10.6 Å². The average molecular weight is 346 g/mol. The highest BCUT2D eigenvalue weighted by Gasteiger charge is 2.11. The summed E-state index contributed by atoms with van der Waals surface area (Å²) in [5.41, 5.74) is 3.18. The number of anilines is 3. The molecule has 0 aliphatic heterocycles. The zero-order chi connectivity index (χ0) is 18.4. The van der Waals surface area contributed by atoms with E-state index in [0.717, 1.165) is 5.69 Å². The van der Waals surface area contributed by atoms with Crippen LogP contribution in [0.3, 0.4) is 0 Å². The Morgan fingerprint density at radius 2 is 1.38 bits per heavy atom. The van der Waals surface area contributed by atoms with Gasteiger partial charge in [0.2, 0.25) is 0 Å². The first-order valence-electron chi connectivity index (χ1n) is 8.08. The molecule has 0 heterocycles. The largest absolute Gasteiger partial charge is 0.465 e. The molecule has 0 bridgehead atoms. The minimum atomic E-state index is -0.403. The van der Waals surface area contributed by atoms with Crippen molar-refractivity contribution in [2.24, 2.45) is 0 Å². The number of ether oxygens (including phenoxy) is 1. The van der Waals surface area contributed by atoms with Crippen molar-refractivity contribution < 1.29 is 14.3 Å². The molecule has 5 heteroatoms. The first kappa shape index (κ1) is 17.2. The molecule has 130 valence electrons. The molecular weight excluding hydrogens is 328 g/mol. The van der Waals surface area contributed by atoms with Crippen molar-refractivity contribution in [2.45, 2.75) is 0 Å². The number of benzene rings is 3. The Hall–Kier alpha value is -3.60. The molecule has 0 atom stereocenters. The highest BCUT2D eigenvalue weighted by atomic mass is 16.5. The topological polar surface area (TPSA) is 67.4 Å². The Morgan fingerprint density at radius 1 is 0.769 bits per heavy atom. The van der Waals surface area contributed by atoms with Gasteiger partial charge in [0.15, 0.2) is 0 Å². The van der Waals surface area contributed by atoms with E-state index in [0.29, 0.717) is 22.5 Å². The fourth-order valence-corrected chi connectivity index (χ4v) is 2.47. The summed E-state index contributed by atoms with van der Waals surface area (Å²) < 4.78 is 4.79. The number of methoxy groups -OCH3 is 1. The summed E-state index contributed by atoms with van der Waals surface area (Å²) in [7, 11) is 1.35. The van der Waals surface area contributed by atoms with Gasteiger partial charge in [0, 0.05) is 16.9 Å². The third-order valence-corrected chi connectivity index (χ3v) is 3.79. The van der Waals surface area contributed by atoms with E-state index in [1.54, 1.807) is 42.5 Å². The van der Waals surface area contributed by atoms with Crippen LogP contribution in [-0.2, 0) is 4.74 Å². The lowest BCUT2D eigenvalue weighted by molar-refractivity contribution is 0.0601. The van der Waals surface area contributed by atoms with Gasteiger partial charge >= 0.3 is 5.97 Å². The van der Waals surface area contributed by atoms with Crippen LogP contribution in [0.5, 0.6) is 0 Å². The summed E-state index contributed by atoms with van der Waals surface area (Å²) in [6.07, 6.45) is 0. The fourth-order valence-electron chi connectivity index (χ4n) is 2.47. The van der Waals surface area contributed by atoms with Crippen molar-refractivity contribution in [1.29, 1.82) is 0 Å². The van der Waals surface area contributed by atoms with Crippen LogP contribution in [0.25, 0.3) is 0 Å². The maximum Gasteiger partial charge on any atom is 0.339 e. The summed E-state index contributed by atoms with van der Waals surface area (Å²) in [5, 5.41) is 6.03. The van der Waals surface area contributed by atoms with Crippen LogP contribution in [0, 0.1) is 0 Å². The molecule has 2 N–H and O–H groups in total. The van der Waals surface area contributed by atoms with E-state index in [9.17, 15) is 9.59 Å². The predicted molar refractivity (Wildman–Crippen MR) is 102 cm³/mol. The van der Waals surface area contributed by atoms with Gasteiger partial charge in [-0.15, -0.1) is 0 Å². The lowest BCUT2D eigenvalue weighted by Gasteiger charge is -2.11. The molecule has 0 saturated heterocycles. The lowest BCUT2D eigenvalue weighted by Crippen LogP contribution is -2.11. The predicted octanol–water partition coefficient (Wildman–Crippen LogP) is 4.47. The van der Waals surface area contributed by atoms with Crippen molar-refractivity contribution >= 4 is 28.9 Å². The normalized spacial score (nSPS) is 10.0. The molecule has 0 unspecified atom stereocenters. The van der Waals surface area contributed by atoms with E-state index < -0.39 is 5.97 Å². The molecule has 1 amide bonds. The number of amides is 1. The second kappa shape index (κ2) is 7.98. The van der Waals surface area contributed by atoms with Gasteiger partial charge in [-0.05, 0) is 48.5 Å². The average Bonchev–Trinajstić information content (AvgIpc) is 2.70. The van der Waals surface area contributed by atoms with E-state index in [4.69, 9.17) is 4.74 Å². The molecule has 0 fully saturated rings. The minimum absolute atomic E-state index is 0.164. The van der Waals surface area contributed by atoms with Crippen LogP contribution in [-0.4, -0.2) is 19.0 Å². The second-order valence-electron chi connectivity index (χ2n) is 5.56. The molecular formula is C21H18N2O3. The third kappa shape index (κ3) is 4.08. The van der Waals surface area contributed by atoms with Crippen molar-refractivity contribution in [3.05, 3.63) is 90.0 Å². The fraction of sp³-hybridized carbons (Fsp3) is 0.0476. The Bertz CT molecular complexity index is 906. The zero-order valence-electron chi connectivity index (χ0n) is 14.2. The summed E-state index contributed by atoms with van der Waals surface area (Å²) in [6, 6.07) is 23.4. The van der Waals surface area contributed by atoms with Gasteiger partial charge in [0.25, 0.3) is 5.91 Å². The summed E-state index contributed by atoms with van der Waals surface area (Å²) >= 11 is 0. The molecule has 0 radical (unpaired) electrons. The van der Waals surface area contributed by atoms with Gasteiger partial charge in [0.05, 0.1) is 18.4 Å². The number of rotatable bonds is 5. The standard InChI is InChI=1S/C21H18N2O3/c1-26-21(25)18-9-5-6-10-19(18)22-16-11-13-17(14-12-16)23-20(24)15-7-3-2-4-8-15/h2-14,22H,1H3,(H,23,24). The first-order valence-corrected chi connectivity index (χ1v) is 8.08. The number of hydrogen-bond acceptors (Lipinski definition) is 4. The monoisotopic (exact) mass is 346 g/mol. The maximum absolute atomic E-state index is 12.2. The SMILES string of the molecule is COC(=O)c1ccccc1Nc1ccc(NC(=O)c2ccccc2)cc1. The van der Waals surface area contributed by atoms with Crippen molar-refractivity contribution in [3.63, 3.8) is 0 Å². The van der Waals surface area contributed by atoms with Crippen molar-refractivity contribution in [3.8, 4) is 0 Å². The Morgan fingerprint density at radius 3 is 2.08 bits per heavy atom. The smallest absolute Gasteiger partial charge is 0.339 e. The highest BCUT2D eigenvalue weighted by Crippen LogP contribution is 2.23. The van der Waals surface area contributed by atoms with E-state index in [-0.39, 0.29) is 5.91 Å². The first-order chi connectivity index (χ1) is 12.7. The van der Waals surface area contributed by atoms with Gasteiger partial charge in [-0.1, -0.05) is 30.3 Å². The van der Waals surface area contributed by atoms with E-state index in [1.807, 2.05) is 36.4 Å². The van der Waals surface area contributed by atoms with E-state index in [1.165, 1.54) is 7.11 Å². The Kier molecular flexibility index (Phi) is 5.29. The number of para-hydroxylation sites is 1. The summed E-state index contributed by atoms with van der Waals surface area (Å²) in [5.74, 6) is -0.567. The third-order valence-electron chi connectivity index (χ3n) is 3.79. The van der Waals surface area contributed by atoms with Crippen LogP contribution in [0.2, 0.25) is 0 Å². The number of esters is 1. The maximum atomic E-state index is 12.2. The van der Waals surface area contributed by atoms with Crippen LogP contribution in [0.4, 0.5) is 17.1 Å². The van der Waals surface area contributed by atoms with Gasteiger partial charge in [-0.25, -0.2) is 4.79 Å². The van der Waals surface area contributed by atoms with Gasteiger partial charge in [0.1, 0.15) is 0 Å². The van der Waals surface area contributed by atoms with Gasteiger partial charge in [-0.3, -0.25) is 4.79 Å². The molecule has 3 rings (SSSR count). The molecule has 5 nitrogen and oxygen atoms in total. The van der Waals surface area contributed by atoms with Crippen LogP contribution < -0.4 is 10.6 Å². The summed E-state index contributed by atoms with van der Waals surface area (Å²) in [6.45, 7) is 0. The number of nitrogens with one attached hydrogen (secondary N) is 2. The second-order valence-corrected chi connectivity index (χ2v) is 5.56. The zero-order valence-corrected chi connectivity index (χ0v) is 14.2. The molecule has 3 aromatic rings. The molecule has 3 aromatic carbocycles. The van der Waals surface area contributed by atoms with E-state index >= 15 is 0 Å². The van der Waals surface area contributed by atoms with Crippen molar-refractivity contribution in [2.75, 3.05) is 17.7 Å². The Balaban J connectivity index is 1.71.